The van der Waals surface area contributed by atoms with E-state index in [0.29, 0.717) is 6.42 Å². The van der Waals surface area contributed by atoms with Gasteiger partial charge in [0.25, 0.3) is 0 Å². The van der Waals surface area contributed by atoms with Crippen LogP contribution in [-0.4, -0.2) is 51.7 Å². The third-order valence-corrected chi connectivity index (χ3v) is 2.89. The molecule has 17 heavy (non-hydrogen) atoms. The van der Waals surface area contributed by atoms with Gasteiger partial charge in [-0.3, -0.25) is 4.79 Å². The Morgan fingerprint density at radius 1 is 1.47 bits per heavy atom. The van der Waals surface area contributed by atoms with Crippen LogP contribution in [0.3, 0.4) is 0 Å². The molecule has 0 saturated carbocycles. The molecule has 0 aliphatic carbocycles. The van der Waals surface area contributed by atoms with Gasteiger partial charge in [0, 0.05) is 13.0 Å². The number of rotatable bonds is 4. The number of carboxylic acid groups (broad SMARTS) is 1. The van der Waals surface area contributed by atoms with Crippen molar-refractivity contribution in [1.29, 1.82) is 0 Å². The number of nitrogens with zero attached hydrogens (tertiary/aromatic N) is 1. The molecule has 0 radical (unpaired) electrons. The van der Waals surface area contributed by atoms with E-state index >= 15 is 0 Å². The molecule has 1 aliphatic heterocycles. The van der Waals surface area contributed by atoms with Crippen molar-refractivity contribution in [3.8, 4) is 0 Å². The lowest BCUT2D eigenvalue weighted by atomic mass is 10.0. The summed E-state index contributed by atoms with van der Waals surface area (Å²) >= 11 is 0. The molecule has 0 bridgehead atoms. The van der Waals surface area contributed by atoms with Gasteiger partial charge in [0.2, 0.25) is 5.91 Å². The van der Waals surface area contributed by atoms with Crippen molar-refractivity contribution in [1.82, 2.24) is 4.90 Å². The molecule has 1 unspecified atom stereocenters. The Hall–Kier alpha value is -1.14. The van der Waals surface area contributed by atoms with E-state index in [-0.39, 0.29) is 24.8 Å². The Morgan fingerprint density at radius 2 is 2.06 bits per heavy atom. The van der Waals surface area contributed by atoms with Crippen LogP contribution in [0.25, 0.3) is 0 Å². The molecule has 1 rings (SSSR count). The maximum atomic E-state index is 12.0. The van der Waals surface area contributed by atoms with Crippen molar-refractivity contribution >= 4 is 11.9 Å². The Balaban J connectivity index is 2.70. The summed E-state index contributed by atoms with van der Waals surface area (Å²) in [5, 5.41) is 18.4. The average Bonchev–Trinajstić information content (AvgIpc) is 2.58. The van der Waals surface area contributed by atoms with E-state index in [2.05, 4.69) is 0 Å². The first-order valence-corrected chi connectivity index (χ1v) is 5.79. The van der Waals surface area contributed by atoms with E-state index in [4.69, 9.17) is 10.8 Å². The molecular weight excluding hydrogens is 224 g/mol. The summed E-state index contributed by atoms with van der Waals surface area (Å²) in [4.78, 5) is 24.1. The van der Waals surface area contributed by atoms with Gasteiger partial charge < -0.3 is 20.8 Å². The molecule has 98 valence electrons. The first-order chi connectivity index (χ1) is 7.82. The van der Waals surface area contributed by atoms with Crippen LogP contribution in [-0.2, 0) is 9.59 Å². The summed E-state index contributed by atoms with van der Waals surface area (Å²) < 4.78 is 0. The molecule has 6 nitrogen and oxygen atoms in total. The van der Waals surface area contributed by atoms with Crippen LogP contribution < -0.4 is 5.73 Å². The fourth-order valence-corrected chi connectivity index (χ4v) is 2.11. The third-order valence-electron chi connectivity index (χ3n) is 2.89. The number of hydrogen-bond donors (Lipinski definition) is 3. The van der Waals surface area contributed by atoms with Crippen LogP contribution >= 0.6 is 0 Å². The highest BCUT2D eigenvalue weighted by Gasteiger charge is 2.40. The summed E-state index contributed by atoms with van der Waals surface area (Å²) in [6, 6.07) is -1.64. The Labute approximate surface area is 100 Å². The van der Waals surface area contributed by atoms with E-state index in [1.165, 1.54) is 4.90 Å². The number of hydrogen-bond acceptors (Lipinski definition) is 4. The van der Waals surface area contributed by atoms with Crippen LogP contribution in [0.5, 0.6) is 0 Å². The largest absolute Gasteiger partial charge is 0.480 e. The zero-order chi connectivity index (χ0) is 13.2. The van der Waals surface area contributed by atoms with Gasteiger partial charge in [-0.25, -0.2) is 4.79 Å². The standard InChI is InChI=1S/C11H20N2O4/c1-6(2)3-8(12)10(15)13-5-7(14)4-9(13)11(16)17/h6-9,14H,3-5,12H2,1-2H3,(H,16,17)/t7-,8?,9-/m1/s1. The Kier molecular flexibility index (Phi) is 4.47. The van der Waals surface area contributed by atoms with Gasteiger partial charge in [0.05, 0.1) is 12.1 Å². The number of aliphatic hydroxyl groups excluding tert-OH is 1. The molecule has 4 N–H and O–H groups in total. The van der Waals surface area contributed by atoms with Crippen molar-refractivity contribution in [2.24, 2.45) is 11.7 Å². The number of carboxylic acids is 1. The van der Waals surface area contributed by atoms with E-state index in [1.807, 2.05) is 13.8 Å². The van der Waals surface area contributed by atoms with Gasteiger partial charge in [-0.2, -0.15) is 0 Å². The van der Waals surface area contributed by atoms with Crippen molar-refractivity contribution in [3.63, 3.8) is 0 Å². The molecule has 0 aromatic heterocycles. The van der Waals surface area contributed by atoms with Gasteiger partial charge >= 0.3 is 5.97 Å². The second-order valence-corrected chi connectivity index (χ2v) is 4.97. The quantitative estimate of drug-likeness (QED) is 0.613. The summed E-state index contributed by atoms with van der Waals surface area (Å²) in [6.07, 6.45) is -0.181. The van der Waals surface area contributed by atoms with Gasteiger partial charge in [-0.15, -0.1) is 0 Å². The zero-order valence-corrected chi connectivity index (χ0v) is 10.2. The number of amides is 1. The van der Waals surface area contributed by atoms with Crippen LogP contribution in [0.15, 0.2) is 0 Å². The first-order valence-electron chi connectivity index (χ1n) is 5.79. The minimum atomic E-state index is -1.09. The van der Waals surface area contributed by atoms with E-state index < -0.39 is 24.2 Å². The normalized spacial score (nSPS) is 26.3. The number of carbonyl (C=O) groups excluding carboxylic acids is 1. The molecule has 0 aromatic rings. The maximum absolute atomic E-state index is 12.0. The fraction of sp³-hybridized carbons (Fsp3) is 0.818. The van der Waals surface area contributed by atoms with Crippen LogP contribution in [0, 0.1) is 5.92 Å². The highest BCUT2D eigenvalue weighted by atomic mass is 16.4. The fourth-order valence-electron chi connectivity index (χ4n) is 2.11. The molecule has 0 aromatic carbocycles. The van der Waals surface area contributed by atoms with Crippen LogP contribution in [0.4, 0.5) is 0 Å². The predicted octanol–water partition coefficient (Wildman–Crippen LogP) is -0.594. The Morgan fingerprint density at radius 3 is 2.53 bits per heavy atom. The minimum absolute atomic E-state index is 0.0571. The number of nitrogens with two attached hydrogens (primary N) is 1. The molecule has 0 spiro atoms. The topological polar surface area (TPSA) is 104 Å². The summed E-state index contributed by atoms with van der Waals surface area (Å²) in [5.74, 6) is -1.21. The van der Waals surface area contributed by atoms with E-state index in [1.54, 1.807) is 0 Å². The molecule has 3 atom stereocenters. The lowest BCUT2D eigenvalue weighted by molar-refractivity contribution is -0.148. The maximum Gasteiger partial charge on any atom is 0.326 e. The molecule has 1 amide bonds. The van der Waals surface area contributed by atoms with Crippen molar-refractivity contribution < 1.29 is 19.8 Å². The Bertz CT molecular complexity index is 306. The van der Waals surface area contributed by atoms with Gasteiger partial charge in [0.15, 0.2) is 0 Å². The molecule has 1 aliphatic rings. The summed E-state index contributed by atoms with van der Waals surface area (Å²) in [5.41, 5.74) is 5.74. The van der Waals surface area contributed by atoms with Crippen molar-refractivity contribution in [2.75, 3.05) is 6.54 Å². The minimum Gasteiger partial charge on any atom is -0.480 e. The van der Waals surface area contributed by atoms with Crippen molar-refractivity contribution in [2.45, 2.75) is 44.9 Å². The smallest absolute Gasteiger partial charge is 0.326 e. The highest BCUT2D eigenvalue weighted by Crippen LogP contribution is 2.20. The van der Waals surface area contributed by atoms with Crippen LogP contribution in [0.1, 0.15) is 26.7 Å². The van der Waals surface area contributed by atoms with Crippen molar-refractivity contribution in [3.05, 3.63) is 0 Å². The monoisotopic (exact) mass is 244 g/mol. The number of aliphatic hydroxyl groups is 1. The summed E-state index contributed by atoms with van der Waals surface area (Å²) in [7, 11) is 0. The van der Waals surface area contributed by atoms with Gasteiger partial charge in [0.1, 0.15) is 6.04 Å². The first kappa shape index (κ1) is 13.9. The van der Waals surface area contributed by atoms with Crippen LogP contribution in [0.2, 0.25) is 0 Å². The predicted molar refractivity (Wildman–Crippen MR) is 61.2 cm³/mol. The second-order valence-electron chi connectivity index (χ2n) is 4.97. The van der Waals surface area contributed by atoms with Gasteiger partial charge in [-0.05, 0) is 12.3 Å². The SMILES string of the molecule is CC(C)CC(N)C(=O)N1C[C@H](O)C[C@@H]1C(=O)O. The average molecular weight is 244 g/mol. The lowest BCUT2D eigenvalue weighted by Crippen LogP contribution is -2.49. The molecule has 6 heteroatoms. The zero-order valence-electron chi connectivity index (χ0n) is 10.2. The lowest BCUT2D eigenvalue weighted by Gasteiger charge is -2.25. The molecular formula is C11H20N2O4. The highest BCUT2D eigenvalue weighted by molar-refractivity contribution is 5.87. The van der Waals surface area contributed by atoms with E-state index in [9.17, 15) is 14.7 Å². The number of β-amino-alcohol motifs (C(OH)–C–C–N with tert-alkyl or cyclic N) is 1. The number of likely N-dealkylation sites (tertiary alicyclic amines) is 1. The molecule has 1 heterocycles. The summed E-state index contributed by atoms with van der Waals surface area (Å²) in [6.45, 7) is 3.95. The van der Waals surface area contributed by atoms with Gasteiger partial charge in [-0.1, -0.05) is 13.8 Å². The van der Waals surface area contributed by atoms with E-state index in [0.717, 1.165) is 0 Å². The second kappa shape index (κ2) is 5.46. The molecule has 1 saturated heterocycles. The number of aliphatic carboxylic acids is 1. The molecule has 1 fully saturated rings. The third kappa shape index (κ3) is 3.41. The number of carbonyl (C=O) groups is 2.